The number of rotatable bonds is 5. The van der Waals surface area contributed by atoms with Crippen molar-refractivity contribution in [3.8, 4) is 11.5 Å². The fourth-order valence-electron chi connectivity index (χ4n) is 1.33. The summed E-state index contributed by atoms with van der Waals surface area (Å²) in [6.07, 6.45) is 3.91. The van der Waals surface area contributed by atoms with Gasteiger partial charge in [-0.15, -0.1) is 10.2 Å². The predicted octanol–water partition coefficient (Wildman–Crippen LogP) is 1.87. The minimum absolute atomic E-state index is 0.469. The fourth-order valence-corrected chi connectivity index (χ4v) is 1.33. The Morgan fingerprint density at radius 3 is 2.94 bits per heavy atom. The minimum atomic E-state index is 0.469. The van der Waals surface area contributed by atoms with Gasteiger partial charge in [0.1, 0.15) is 6.26 Å². The standard InChI is InChI=1S/C11H15N3O2/c1-8(2)12-5-3-10-13-14-11(16-10)9-4-6-15-7-9/h4,6-8,12H,3,5H2,1-2H3. The first-order chi connectivity index (χ1) is 7.75. The van der Waals surface area contributed by atoms with Crippen LogP contribution in [0, 0.1) is 0 Å². The number of hydrogen-bond donors (Lipinski definition) is 1. The van der Waals surface area contributed by atoms with Crippen molar-refractivity contribution in [1.29, 1.82) is 0 Å². The summed E-state index contributed by atoms with van der Waals surface area (Å²) < 4.78 is 10.4. The van der Waals surface area contributed by atoms with Gasteiger partial charge in [-0.05, 0) is 6.07 Å². The largest absolute Gasteiger partial charge is 0.472 e. The molecule has 5 heteroatoms. The molecule has 0 aromatic carbocycles. The zero-order valence-electron chi connectivity index (χ0n) is 9.43. The lowest BCUT2D eigenvalue weighted by Gasteiger charge is -2.04. The Morgan fingerprint density at radius 2 is 2.25 bits per heavy atom. The smallest absolute Gasteiger partial charge is 0.250 e. The molecule has 5 nitrogen and oxygen atoms in total. The molecule has 16 heavy (non-hydrogen) atoms. The normalized spacial score (nSPS) is 11.2. The summed E-state index contributed by atoms with van der Waals surface area (Å²) in [5.41, 5.74) is 0.815. The number of aromatic nitrogens is 2. The highest BCUT2D eigenvalue weighted by molar-refractivity contribution is 5.49. The molecule has 0 radical (unpaired) electrons. The van der Waals surface area contributed by atoms with Gasteiger partial charge in [0.25, 0.3) is 5.89 Å². The summed E-state index contributed by atoms with van der Waals surface area (Å²) in [4.78, 5) is 0. The molecule has 0 atom stereocenters. The summed E-state index contributed by atoms with van der Waals surface area (Å²) in [6, 6.07) is 2.26. The van der Waals surface area contributed by atoms with E-state index in [1.54, 1.807) is 18.6 Å². The third kappa shape index (κ3) is 2.70. The molecule has 2 heterocycles. The van der Waals surface area contributed by atoms with E-state index in [-0.39, 0.29) is 0 Å². The minimum Gasteiger partial charge on any atom is -0.472 e. The SMILES string of the molecule is CC(C)NCCc1nnc(-c2ccoc2)o1. The Bertz CT molecular complexity index is 420. The summed E-state index contributed by atoms with van der Waals surface area (Å²) in [6.45, 7) is 5.04. The summed E-state index contributed by atoms with van der Waals surface area (Å²) in [7, 11) is 0. The first-order valence-electron chi connectivity index (χ1n) is 5.34. The van der Waals surface area contributed by atoms with Crippen LogP contribution in [0.1, 0.15) is 19.7 Å². The lowest BCUT2D eigenvalue weighted by molar-refractivity contribution is 0.483. The summed E-state index contributed by atoms with van der Waals surface area (Å²) in [5.74, 6) is 1.15. The van der Waals surface area contributed by atoms with Crippen molar-refractivity contribution < 1.29 is 8.83 Å². The number of hydrogen-bond acceptors (Lipinski definition) is 5. The molecule has 0 fully saturated rings. The lowest BCUT2D eigenvalue weighted by atomic mass is 10.3. The van der Waals surface area contributed by atoms with Gasteiger partial charge < -0.3 is 14.2 Å². The second-order valence-electron chi connectivity index (χ2n) is 3.87. The highest BCUT2D eigenvalue weighted by Crippen LogP contribution is 2.17. The van der Waals surface area contributed by atoms with Crippen molar-refractivity contribution in [2.45, 2.75) is 26.3 Å². The maximum absolute atomic E-state index is 5.49. The van der Waals surface area contributed by atoms with Crippen molar-refractivity contribution in [2.75, 3.05) is 6.54 Å². The number of nitrogens with zero attached hydrogens (tertiary/aromatic N) is 2. The number of nitrogens with one attached hydrogen (secondary N) is 1. The van der Waals surface area contributed by atoms with E-state index in [0.717, 1.165) is 18.5 Å². The third-order valence-electron chi connectivity index (χ3n) is 2.13. The first-order valence-corrected chi connectivity index (χ1v) is 5.34. The molecule has 2 aromatic heterocycles. The lowest BCUT2D eigenvalue weighted by Crippen LogP contribution is -2.25. The van der Waals surface area contributed by atoms with E-state index in [1.807, 2.05) is 0 Å². The molecule has 0 saturated carbocycles. The Kier molecular flexibility index (Phi) is 3.36. The van der Waals surface area contributed by atoms with E-state index < -0.39 is 0 Å². The van der Waals surface area contributed by atoms with E-state index in [9.17, 15) is 0 Å². The molecule has 0 aliphatic heterocycles. The molecule has 2 aromatic rings. The van der Waals surface area contributed by atoms with Crippen molar-refractivity contribution in [3.63, 3.8) is 0 Å². The molecule has 1 N–H and O–H groups in total. The molecule has 0 spiro atoms. The zero-order chi connectivity index (χ0) is 11.4. The monoisotopic (exact) mass is 221 g/mol. The fraction of sp³-hybridized carbons (Fsp3) is 0.455. The van der Waals surface area contributed by atoms with Gasteiger partial charge in [0.15, 0.2) is 0 Å². The van der Waals surface area contributed by atoms with Gasteiger partial charge in [0, 0.05) is 19.0 Å². The highest BCUT2D eigenvalue weighted by atomic mass is 16.4. The van der Waals surface area contributed by atoms with Crippen molar-refractivity contribution >= 4 is 0 Å². The number of furan rings is 1. The van der Waals surface area contributed by atoms with E-state index in [1.165, 1.54) is 0 Å². The topological polar surface area (TPSA) is 64.1 Å². The van der Waals surface area contributed by atoms with Crippen LogP contribution in [0.25, 0.3) is 11.5 Å². The molecule has 0 saturated heterocycles. The summed E-state index contributed by atoms with van der Waals surface area (Å²) >= 11 is 0. The van der Waals surface area contributed by atoms with Gasteiger partial charge in [0.05, 0.1) is 11.8 Å². The molecular formula is C11H15N3O2. The van der Waals surface area contributed by atoms with E-state index in [4.69, 9.17) is 8.83 Å². The molecule has 0 unspecified atom stereocenters. The van der Waals surface area contributed by atoms with Crippen LogP contribution in [0.3, 0.4) is 0 Å². The molecule has 2 rings (SSSR count). The Hall–Kier alpha value is -1.62. The van der Waals surface area contributed by atoms with Crippen LogP contribution in [-0.2, 0) is 6.42 Å². The van der Waals surface area contributed by atoms with E-state index >= 15 is 0 Å². The van der Waals surface area contributed by atoms with Crippen LogP contribution >= 0.6 is 0 Å². The van der Waals surface area contributed by atoms with E-state index in [2.05, 4.69) is 29.4 Å². The van der Waals surface area contributed by atoms with Crippen LogP contribution in [-0.4, -0.2) is 22.8 Å². The highest BCUT2D eigenvalue weighted by Gasteiger charge is 2.09. The van der Waals surface area contributed by atoms with Crippen LogP contribution in [0.5, 0.6) is 0 Å². The van der Waals surface area contributed by atoms with Gasteiger partial charge in [-0.3, -0.25) is 0 Å². The van der Waals surface area contributed by atoms with Crippen molar-refractivity contribution in [3.05, 3.63) is 24.5 Å². The van der Waals surface area contributed by atoms with E-state index in [0.29, 0.717) is 17.8 Å². The Labute approximate surface area is 93.9 Å². The average Bonchev–Trinajstić information content (AvgIpc) is 2.85. The summed E-state index contributed by atoms with van der Waals surface area (Å²) in [5, 5.41) is 11.2. The molecular weight excluding hydrogens is 206 g/mol. The molecule has 0 aliphatic carbocycles. The average molecular weight is 221 g/mol. The maximum atomic E-state index is 5.49. The van der Waals surface area contributed by atoms with Gasteiger partial charge in [-0.1, -0.05) is 13.8 Å². The van der Waals surface area contributed by atoms with Crippen LogP contribution < -0.4 is 5.32 Å². The molecule has 0 aliphatic rings. The molecule has 0 amide bonds. The Balaban J connectivity index is 1.93. The van der Waals surface area contributed by atoms with Gasteiger partial charge in [-0.25, -0.2) is 0 Å². The quantitative estimate of drug-likeness (QED) is 0.835. The predicted molar refractivity (Wildman–Crippen MR) is 58.8 cm³/mol. The van der Waals surface area contributed by atoms with Gasteiger partial charge in [-0.2, -0.15) is 0 Å². The second-order valence-corrected chi connectivity index (χ2v) is 3.87. The van der Waals surface area contributed by atoms with Gasteiger partial charge in [0.2, 0.25) is 5.89 Å². The Morgan fingerprint density at radius 1 is 1.38 bits per heavy atom. The third-order valence-corrected chi connectivity index (χ3v) is 2.13. The molecule has 86 valence electrons. The first kappa shape index (κ1) is 10.9. The van der Waals surface area contributed by atoms with Gasteiger partial charge >= 0.3 is 0 Å². The maximum Gasteiger partial charge on any atom is 0.250 e. The zero-order valence-corrected chi connectivity index (χ0v) is 9.43. The molecule has 0 bridgehead atoms. The van der Waals surface area contributed by atoms with Crippen LogP contribution in [0.15, 0.2) is 27.4 Å². The van der Waals surface area contributed by atoms with Crippen molar-refractivity contribution in [2.24, 2.45) is 0 Å². The second kappa shape index (κ2) is 4.94. The van der Waals surface area contributed by atoms with Crippen LogP contribution in [0.2, 0.25) is 0 Å². The van der Waals surface area contributed by atoms with Crippen molar-refractivity contribution in [1.82, 2.24) is 15.5 Å². The van der Waals surface area contributed by atoms with Crippen LogP contribution in [0.4, 0.5) is 0 Å².